The van der Waals surface area contributed by atoms with Gasteiger partial charge in [0.25, 0.3) is 0 Å². The van der Waals surface area contributed by atoms with E-state index in [0.717, 1.165) is 13.0 Å². The van der Waals surface area contributed by atoms with Crippen LogP contribution in [-0.4, -0.2) is 35.6 Å². The Balaban J connectivity index is 0.000000360. The summed E-state index contributed by atoms with van der Waals surface area (Å²) in [6.45, 7) is 0.738. The van der Waals surface area contributed by atoms with E-state index in [1.54, 1.807) is 0 Å². The van der Waals surface area contributed by atoms with Gasteiger partial charge in [0, 0.05) is 18.9 Å². The largest absolute Gasteiger partial charge is 0.490 e. The van der Waals surface area contributed by atoms with E-state index in [0.29, 0.717) is 12.8 Å². The third kappa shape index (κ3) is 6.71. The molecule has 18 heavy (non-hydrogen) atoms. The van der Waals surface area contributed by atoms with Gasteiger partial charge in [-0.25, -0.2) is 4.79 Å². The molecule has 2 amide bonds. The highest BCUT2D eigenvalue weighted by Crippen LogP contribution is 2.15. The minimum atomic E-state index is -5.08. The maximum atomic E-state index is 10.9. The van der Waals surface area contributed by atoms with Crippen molar-refractivity contribution in [3.05, 3.63) is 0 Å². The van der Waals surface area contributed by atoms with Gasteiger partial charge in [0.1, 0.15) is 0 Å². The Labute approximate surface area is 100 Å². The van der Waals surface area contributed by atoms with Gasteiger partial charge in [-0.3, -0.25) is 9.59 Å². The van der Waals surface area contributed by atoms with Crippen LogP contribution in [-0.2, 0) is 14.4 Å². The maximum Gasteiger partial charge on any atom is 0.490 e. The molecule has 0 aromatic heterocycles. The summed E-state index contributed by atoms with van der Waals surface area (Å²) in [6, 6.07) is 0. The average molecular weight is 270 g/mol. The Morgan fingerprint density at radius 2 is 1.94 bits per heavy atom. The summed E-state index contributed by atoms with van der Waals surface area (Å²) < 4.78 is 31.7. The lowest BCUT2D eigenvalue weighted by Crippen LogP contribution is -2.21. The quantitative estimate of drug-likeness (QED) is 0.671. The summed E-state index contributed by atoms with van der Waals surface area (Å²) in [5.41, 5.74) is 4.95. The number of nitrogens with one attached hydrogen (secondary N) is 1. The van der Waals surface area contributed by atoms with Gasteiger partial charge in [0.05, 0.1) is 0 Å². The number of carbonyl (C=O) groups excluding carboxylic acids is 2. The second kappa shape index (κ2) is 6.82. The van der Waals surface area contributed by atoms with Gasteiger partial charge in [0.2, 0.25) is 11.8 Å². The van der Waals surface area contributed by atoms with Crippen LogP contribution in [0.25, 0.3) is 0 Å². The average Bonchev–Trinajstić information content (AvgIpc) is 2.60. The molecule has 4 N–H and O–H groups in total. The summed E-state index contributed by atoms with van der Waals surface area (Å²) in [5.74, 6) is -3.01. The Bertz CT molecular complexity index is 330. The normalized spacial score (nSPS) is 18.6. The standard InChI is InChI=1S/C7H12N2O2.C2HF3O2/c8-6(10)2-1-5-3-4-9-7(5)11;3-2(4,5)1(6)7/h5H,1-4H2,(H2,8,10)(H,9,11);(H,6,7)/t5-;/m0./s1. The third-order valence-corrected chi connectivity index (χ3v) is 2.14. The lowest BCUT2D eigenvalue weighted by atomic mass is 10.0. The van der Waals surface area contributed by atoms with E-state index in [2.05, 4.69) is 5.32 Å². The number of carboxylic acids is 1. The van der Waals surface area contributed by atoms with Crippen LogP contribution in [0.15, 0.2) is 0 Å². The molecule has 0 bridgehead atoms. The summed E-state index contributed by atoms with van der Waals surface area (Å²) in [5, 5.41) is 9.83. The lowest BCUT2D eigenvalue weighted by Gasteiger charge is -2.02. The van der Waals surface area contributed by atoms with Gasteiger partial charge in [0.15, 0.2) is 0 Å². The number of rotatable bonds is 3. The highest BCUT2D eigenvalue weighted by Gasteiger charge is 2.38. The number of halogens is 3. The fourth-order valence-electron chi connectivity index (χ4n) is 1.24. The van der Waals surface area contributed by atoms with Gasteiger partial charge in [-0.1, -0.05) is 0 Å². The Kier molecular flexibility index (Phi) is 6.14. The monoisotopic (exact) mass is 270 g/mol. The van der Waals surface area contributed by atoms with Crippen molar-refractivity contribution in [1.82, 2.24) is 5.32 Å². The zero-order valence-corrected chi connectivity index (χ0v) is 9.29. The summed E-state index contributed by atoms with van der Waals surface area (Å²) in [6.07, 6.45) is -3.33. The number of hydrogen-bond donors (Lipinski definition) is 3. The molecule has 9 heteroatoms. The van der Waals surface area contributed by atoms with Crippen LogP contribution in [0.4, 0.5) is 13.2 Å². The van der Waals surface area contributed by atoms with Crippen molar-refractivity contribution in [1.29, 1.82) is 0 Å². The third-order valence-electron chi connectivity index (χ3n) is 2.14. The van der Waals surface area contributed by atoms with Crippen LogP contribution in [0.2, 0.25) is 0 Å². The first-order valence-electron chi connectivity index (χ1n) is 5.00. The van der Waals surface area contributed by atoms with Crippen molar-refractivity contribution >= 4 is 17.8 Å². The first-order chi connectivity index (χ1) is 8.14. The zero-order valence-electron chi connectivity index (χ0n) is 9.29. The number of alkyl halides is 3. The first-order valence-corrected chi connectivity index (χ1v) is 5.00. The Morgan fingerprint density at radius 1 is 1.44 bits per heavy atom. The number of aliphatic carboxylic acids is 1. The SMILES string of the molecule is NC(=O)CC[C@H]1CCNC1=O.O=C(O)C(F)(F)F. The van der Waals surface area contributed by atoms with E-state index in [4.69, 9.17) is 15.6 Å². The molecule has 0 radical (unpaired) electrons. The number of carboxylic acid groups (broad SMARTS) is 1. The molecule has 1 atom stereocenters. The van der Waals surface area contributed by atoms with Crippen molar-refractivity contribution in [2.75, 3.05) is 6.54 Å². The van der Waals surface area contributed by atoms with Crippen LogP contribution in [0.1, 0.15) is 19.3 Å². The predicted molar refractivity (Wildman–Crippen MR) is 53.2 cm³/mol. The second-order valence-electron chi connectivity index (χ2n) is 3.58. The van der Waals surface area contributed by atoms with E-state index < -0.39 is 12.1 Å². The van der Waals surface area contributed by atoms with Crippen LogP contribution < -0.4 is 11.1 Å². The van der Waals surface area contributed by atoms with Gasteiger partial charge in [-0.2, -0.15) is 13.2 Å². The topological polar surface area (TPSA) is 109 Å². The second-order valence-corrected chi connectivity index (χ2v) is 3.58. The molecular formula is C9H13F3N2O4. The molecule has 104 valence electrons. The molecule has 1 fully saturated rings. The molecule has 0 unspecified atom stereocenters. The van der Waals surface area contributed by atoms with Gasteiger partial charge in [-0.15, -0.1) is 0 Å². The van der Waals surface area contributed by atoms with Gasteiger partial charge < -0.3 is 16.2 Å². The number of hydrogen-bond acceptors (Lipinski definition) is 3. The van der Waals surface area contributed by atoms with E-state index >= 15 is 0 Å². The molecule has 1 aliphatic heterocycles. The minimum Gasteiger partial charge on any atom is -0.475 e. The Morgan fingerprint density at radius 3 is 2.22 bits per heavy atom. The maximum absolute atomic E-state index is 10.9. The zero-order chi connectivity index (χ0) is 14.3. The molecule has 0 spiro atoms. The summed E-state index contributed by atoms with van der Waals surface area (Å²) >= 11 is 0. The fourth-order valence-corrected chi connectivity index (χ4v) is 1.24. The van der Waals surface area contributed by atoms with Crippen molar-refractivity contribution in [2.45, 2.75) is 25.4 Å². The number of nitrogens with two attached hydrogens (primary N) is 1. The smallest absolute Gasteiger partial charge is 0.475 e. The predicted octanol–water partition coefficient (Wildman–Crippen LogP) is 0.0213. The number of amides is 2. The molecule has 1 rings (SSSR count). The van der Waals surface area contributed by atoms with Crippen LogP contribution in [0.5, 0.6) is 0 Å². The minimum absolute atomic E-state index is 0.0162. The van der Waals surface area contributed by atoms with E-state index in [9.17, 15) is 22.8 Å². The van der Waals surface area contributed by atoms with Gasteiger partial charge in [-0.05, 0) is 12.8 Å². The van der Waals surface area contributed by atoms with E-state index in [1.165, 1.54) is 0 Å². The number of carbonyl (C=O) groups is 3. The lowest BCUT2D eigenvalue weighted by molar-refractivity contribution is -0.192. The molecular weight excluding hydrogens is 257 g/mol. The van der Waals surface area contributed by atoms with Gasteiger partial charge >= 0.3 is 12.1 Å². The molecule has 0 aromatic carbocycles. The molecule has 1 heterocycles. The molecule has 0 saturated carbocycles. The molecule has 1 saturated heterocycles. The highest BCUT2D eigenvalue weighted by molar-refractivity contribution is 5.81. The van der Waals surface area contributed by atoms with Crippen molar-refractivity contribution in [3.63, 3.8) is 0 Å². The molecule has 0 aliphatic carbocycles. The van der Waals surface area contributed by atoms with Crippen molar-refractivity contribution < 1.29 is 32.7 Å². The first kappa shape index (κ1) is 16.2. The molecule has 0 aromatic rings. The van der Waals surface area contributed by atoms with E-state index in [1.807, 2.05) is 0 Å². The summed E-state index contributed by atoms with van der Waals surface area (Å²) in [7, 11) is 0. The van der Waals surface area contributed by atoms with Crippen LogP contribution >= 0.6 is 0 Å². The fraction of sp³-hybridized carbons (Fsp3) is 0.667. The Hall–Kier alpha value is -1.80. The van der Waals surface area contributed by atoms with E-state index in [-0.39, 0.29) is 17.7 Å². The molecule has 6 nitrogen and oxygen atoms in total. The number of primary amides is 1. The highest BCUT2D eigenvalue weighted by atomic mass is 19.4. The van der Waals surface area contributed by atoms with Crippen LogP contribution in [0, 0.1) is 5.92 Å². The van der Waals surface area contributed by atoms with Crippen molar-refractivity contribution in [2.24, 2.45) is 11.7 Å². The van der Waals surface area contributed by atoms with Crippen molar-refractivity contribution in [3.8, 4) is 0 Å². The molecule has 1 aliphatic rings. The van der Waals surface area contributed by atoms with Crippen LogP contribution in [0.3, 0.4) is 0 Å². The summed E-state index contributed by atoms with van der Waals surface area (Å²) in [4.78, 5) is 30.2.